The molecular weight excluding hydrogens is 280 g/mol. The number of fused-ring (bicyclic) bond motifs is 1. The molecule has 118 valence electrons. The van der Waals surface area contributed by atoms with Crippen molar-refractivity contribution in [3.05, 3.63) is 17.3 Å². The van der Waals surface area contributed by atoms with Gasteiger partial charge >= 0.3 is 0 Å². The summed E-state index contributed by atoms with van der Waals surface area (Å²) in [5.41, 5.74) is 2.31. The van der Waals surface area contributed by atoms with Crippen molar-refractivity contribution in [2.45, 2.75) is 32.8 Å². The molecule has 2 aromatic heterocycles. The molecule has 0 unspecified atom stereocenters. The third-order valence-electron chi connectivity index (χ3n) is 4.26. The van der Waals surface area contributed by atoms with Crippen molar-refractivity contribution in [1.82, 2.24) is 14.8 Å². The number of aldehydes is 1. The number of hydrogen-bond acceptors (Lipinski definition) is 5. The quantitative estimate of drug-likeness (QED) is 0.792. The lowest BCUT2D eigenvalue weighted by atomic mass is 10.1. The Morgan fingerprint density at radius 3 is 3.00 bits per heavy atom. The molecule has 0 amide bonds. The first-order valence-electron chi connectivity index (χ1n) is 7.80. The molecule has 0 radical (unpaired) electrons. The molecule has 1 aliphatic rings. The number of pyridine rings is 1. The van der Waals surface area contributed by atoms with Crippen LogP contribution in [0.25, 0.3) is 11.0 Å². The van der Waals surface area contributed by atoms with Crippen LogP contribution in [0.1, 0.15) is 35.8 Å². The monoisotopic (exact) mass is 302 g/mol. The van der Waals surface area contributed by atoms with Gasteiger partial charge in [-0.3, -0.25) is 9.48 Å². The van der Waals surface area contributed by atoms with Crippen LogP contribution in [0, 0.1) is 6.92 Å². The Bertz CT molecular complexity index is 689. The van der Waals surface area contributed by atoms with E-state index in [-0.39, 0.29) is 6.10 Å². The lowest BCUT2D eigenvalue weighted by Crippen LogP contribution is -2.33. The molecule has 1 saturated heterocycles. The SMILES string of the molecule is CCN(C[C@@H]1CCCO1)c1nc2c(cc1C=O)c(C)nn2C. The Morgan fingerprint density at radius 1 is 1.55 bits per heavy atom. The number of ether oxygens (including phenoxy) is 1. The van der Waals surface area contributed by atoms with E-state index in [1.54, 1.807) is 4.68 Å². The maximum atomic E-state index is 11.5. The molecule has 2 aromatic rings. The summed E-state index contributed by atoms with van der Waals surface area (Å²) in [5.74, 6) is 0.725. The third-order valence-corrected chi connectivity index (χ3v) is 4.26. The first-order chi connectivity index (χ1) is 10.6. The van der Waals surface area contributed by atoms with Crippen molar-refractivity contribution in [3.8, 4) is 0 Å². The smallest absolute Gasteiger partial charge is 0.160 e. The Kier molecular flexibility index (Phi) is 4.11. The summed E-state index contributed by atoms with van der Waals surface area (Å²) in [6.07, 6.45) is 3.29. The second kappa shape index (κ2) is 6.04. The zero-order valence-electron chi connectivity index (χ0n) is 13.4. The van der Waals surface area contributed by atoms with Gasteiger partial charge in [0.05, 0.1) is 17.4 Å². The standard InChI is InChI=1S/C16H22N4O2/c1-4-20(9-13-6-5-7-22-13)15-12(10-21)8-14-11(2)18-19(3)16(14)17-15/h8,10,13H,4-7,9H2,1-3H3/t13-/m0/s1. The molecule has 0 saturated carbocycles. The molecule has 1 aliphatic heterocycles. The van der Waals surface area contributed by atoms with Crippen LogP contribution >= 0.6 is 0 Å². The molecular formula is C16H22N4O2. The summed E-state index contributed by atoms with van der Waals surface area (Å²) in [5, 5.41) is 5.32. The molecule has 0 aliphatic carbocycles. The number of carbonyl (C=O) groups excluding carboxylic acids is 1. The average Bonchev–Trinajstić information content (AvgIpc) is 3.12. The number of carbonyl (C=O) groups is 1. The van der Waals surface area contributed by atoms with Gasteiger partial charge < -0.3 is 9.64 Å². The summed E-state index contributed by atoms with van der Waals surface area (Å²) in [7, 11) is 1.88. The van der Waals surface area contributed by atoms with E-state index in [9.17, 15) is 4.79 Å². The Balaban J connectivity index is 2.02. The third kappa shape index (κ3) is 2.59. The van der Waals surface area contributed by atoms with Gasteiger partial charge in [-0.2, -0.15) is 5.10 Å². The predicted molar refractivity (Wildman–Crippen MR) is 85.5 cm³/mol. The number of anilines is 1. The van der Waals surface area contributed by atoms with Crippen molar-refractivity contribution in [2.24, 2.45) is 7.05 Å². The van der Waals surface area contributed by atoms with E-state index in [1.807, 2.05) is 20.0 Å². The largest absolute Gasteiger partial charge is 0.376 e. The molecule has 1 atom stereocenters. The summed E-state index contributed by atoms with van der Waals surface area (Å²) in [4.78, 5) is 18.4. The highest BCUT2D eigenvalue weighted by Gasteiger charge is 2.22. The van der Waals surface area contributed by atoms with Crippen LogP contribution in [0.4, 0.5) is 5.82 Å². The van der Waals surface area contributed by atoms with Crippen molar-refractivity contribution >= 4 is 23.1 Å². The summed E-state index contributed by atoms with van der Waals surface area (Å²) < 4.78 is 7.49. The zero-order chi connectivity index (χ0) is 15.7. The summed E-state index contributed by atoms with van der Waals surface area (Å²) in [6, 6.07) is 1.89. The number of likely N-dealkylation sites (N-methyl/N-ethyl adjacent to an activating group) is 1. The van der Waals surface area contributed by atoms with Crippen LogP contribution < -0.4 is 4.90 Å². The van der Waals surface area contributed by atoms with E-state index in [2.05, 4.69) is 16.9 Å². The van der Waals surface area contributed by atoms with Gasteiger partial charge in [0.15, 0.2) is 11.9 Å². The van der Waals surface area contributed by atoms with Crippen molar-refractivity contribution in [2.75, 3.05) is 24.6 Å². The first kappa shape index (κ1) is 15.0. The van der Waals surface area contributed by atoms with Gasteiger partial charge in [-0.05, 0) is 32.8 Å². The highest BCUT2D eigenvalue weighted by molar-refractivity contribution is 5.91. The zero-order valence-corrected chi connectivity index (χ0v) is 13.4. The minimum absolute atomic E-state index is 0.227. The van der Waals surface area contributed by atoms with Crippen LogP contribution in [0.5, 0.6) is 0 Å². The van der Waals surface area contributed by atoms with E-state index in [0.29, 0.717) is 5.56 Å². The minimum atomic E-state index is 0.227. The summed E-state index contributed by atoms with van der Waals surface area (Å²) in [6.45, 7) is 6.39. The van der Waals surface area contributed by atoms with Gasteiger partial charge in [-0.1, -0.05) is 0 Å². The fourth-order valence-electron chi connectivity index (χ4n) is 3.09. The van der Waals surface area contributed by atoms with Crippen LogP contribution in [-0.2, 0) is 11.8 Å². The van der Waals surface area contributed by atoms with Gasteiger partial charge in [0, 0.05) is 32.1 Å². The normalized spacial score (nSPS) is 18.0. The van der Waals surface area contributed by atoms with Gasteiger partial charge in [-0.15, -0.1) is 0 Å². The molecule has 1 fully saturated rings. The molecule has 3 heterocycles. The second-order valence-corrected chi connectivity index (χ2v) is 5.77. The molecule has 3 rings (SSSR count). The molecule has 6 heteroatoms. The van der Waals surface area contributed by atoms with E-state index in [4.69, 9.17) is 9.72 Å². The van der Waals surface area contributed by atoms with Crippen molar-refractivity contribution in [3.63, 3.8) is 0 Å². The van der Waals surface area contributed by atoms with Gasteiger partial charge in [-0.25, -0.2) is 4.98 Å². The Morgan fingerprint density at radius 2 is 2.36 bits per heavy atom. The highest BCUT2D eigenvalue weighted by Crippen LogP contribution is 2.25. The molecule has 22 heavy (non-hydrogen) atoms. The topological polar surface area (TPSA) is 60.2 Å². The molecule has 0 bridgehead atoms. The van der Waals surface area contributed by atoms with Crippen LogP contribution in [-0.4, -0.2) is 46.9 Å². The number of nitrogens with zero attached hydrogens (tertiary/aromatic N) is 4. The van der Waals surface area contributed by atoms with Crippen LogP contribution in [0.15, 0.2) is 6.07 Å². The maximum Gasteiger partial charge on any atom is 0.160 e. The van der Waals surface area contributed by atoms with Crippen LogP contribution in [0.3, 0.4) is 0 Å². The van der Waals surface area contributed by atoms with Crippen molar-refractivity contribution in [1.29, 1.82) is 0 Å². The van der Waals surface area contributed by atoms with Gasteiger partial charge in [0.1, 0.15) is 5.82 Å². The first-order valence-corrected chi connectivity index (χ1v) is 7.80. The Hall–Kier alpha value is -1.95. The lowest BCUT2D eigenvalue weighted by Gasteiger charge is -2.26. The lowest BCUT2D eigenvalue weighted by molar-refractivity contribution is 0.111. The number of aromatic nitrogens is 3. The molecule has 0 spiro atoms. The molecule has 0 aromatic carbocycles. The van der Waals surface area contributed by atoms with E-state index in [1.165, 1.54) is 0 Å². The second-order valence-electron chi connectivity index (χ2n) is 5.77. The minimum Gasteiger partial charge on any atom is -0.376 e. The number of aryl methyl sites for hydroxylation is 2. The van der Waals surface area contributed by atoms with E-state index >= 15 is 0 Å². The van der Waals surface area contributed by atoms with Crippen LogP contribution in [0.2, 0.25) is 0 Å². The predicted octanol–water partition coefficient (Wildman–Crippen LogP) is 2.09. The van der Waals surface area contributed by atoms with Gasteiger partial charge in [0.2, 0.25) is 0 Å². The number of rotatable bonds is 5. The fraction of sp³-hybridized carbons (Fsp3) is 0.562. The maximum absolute atomic E-state index is 11.5. The van der Waals surface area contributed by atoms with Crippen molar-refractivity contribution < 1.29 is 9.53 Å². The van der Waals surface area contributed by atoms with E-state index in [0.717, 1.165) is 61.4 Å². The number of hydrogen-bond donors (Lipinski definition) is 0. The highest BCUT2D eigenvalue weighted by atomic mass is 16.5. The van der Waals surface area contributed by atoms with E-state index < -0.39 is 0 Å². The average molecular weight is 302 g/mol. The Labute approximate surface area is 130 Å². The fourth-order valence-corrected chi connectivity index (χ4v) is 3.09. The molecule has 6 nitrogen and oxygen atoms in total. The summed E-state index contributed by atoms with van der Waals surface area (Å²) >= 11 is 0. The molecule has 0 N–H and O–H groups in total. The van der Waals surface area contributed by atoms with Gasteiger partial charge in [0.25, 0.3) is 0 Å².